The minimum atomic E-state index is -0.550. The van der Waals surface area contributed by atoms with Gasteiger partial charge in [0.25, 0.3) is 0 Å². The lowest BCUT2D eigenvalue weighted by Gasteiger charge is -2.36. The van der Waals surface area contributed by atoms with Crippen LogP contribution in [0.5, 0.6) is 5.75 Å². The number of nitrogens with zero attached hydrogens (tertiary/aromatic N) is 1. The van der Waals surface area contributed by atoms with E-state index in [4.69, 9.17) is 21.1 Å². The molecule has 0 fully saturated rings. The van der Waals surface area contributed by atoms with E-state index in [1.54, 1.807) is 17.0 Å². The van der Waals surface area contributed by atoms with Crippen LogP contribution >= 0.6 is 11.6 Å². The summed E-state index contributed by atoms with van der Waals surface area (Å²) in [5.74, 6) is 0.226. The quantitative estimate of drug-likeness (QED) is 0.817. The highest BCUT2D eigenvalue weighted by atomic mass is 35.5. The van der Waals surface area contributed by atoms with Crippen molar-refractivity contribution in [1.29, 1.82) is 0 Å². The largest absolute Gasteiger partial charge is 0.489 e. The molecule has 1 aliphatic rings. The third-order valence-electron chi connectivity index (χ3n) is 4.00. The van der Waals surface area contributed by atoms with Crippen molar-refractivity contribution >= 4 is 29.3 Å². The number of hydrogen-bond donors (Lipinski definition) is 1. The van der Waals surface area contributed by atoms with Crippen molar-refractivity contribution in [2.75, 3.05) is 23.9 Å². The van der Waals surface area contributed by atoms with Crippen LogP contribution < -0.4 is 15.0 Å². The Morgan fingerprint density at radius 3 is 2.65 bits per heavy atom. The fourth-order valence-corrected chi connectivity index (χ4v) is 2.89. The molecule has 0 aliphatic carbocycles. The first kappa shape index (κ1) is 18.1. The summed E-state index contributed by atoms with van der Waals surface area (Å²) in [4.78, 5) is 25.8. The molecule has 1 heterocycles. The Balaban J connectivity index is 1.59. The van der Waals surface area contributed by atoms with Crippen molar-refractivity contribution in [2.45, 2.75) is 12.6 Å². The van der Waals surface area contributed by atoms with Crippen molar-refractivity contribution < 1.29 is 19.1 Å². The van der Waals surface area contributed by atoms with E-state index in [-0.39, 0.29) is 37.6 Å². The lowest BCUT2D eigenvalue weighted by atomic mass is 10.1. The molecule has 2 aromatic carbocycles. The first-order valence-electron chi connectivity index (χ1n) is 8.23. The second-order valence-electron chi connectivity index (χ2n) is 5.77. The number of alkyl carbamates (subject to hydrolysis) is 1. The number of anilines is 1. The van der Waals surface area contributed by atoms with Crippen LogP contribution in [0.1, 0.15) is 5.56 Å². The Labute approximate surface area is 156 Å². The standard InChI is InChI=1S/C19H19ClN2O4/c20-10-18(23)22-15(13-25-17-9-5-4-8-16(17)22)11-21-19(24)26-12-14-6-2-1-3-7-14/h1-9,15H,10-13H2,(H,21,24). The molecule has 0 bridgehead atoms. The van der Waals surface area contributed by atoms with Gasteiger partial charge < -0.3 is 14.8 Å². The van der Waals surface area contributed by atoms with Crippen molar-refractivity contribution in [3.8, 4) is 5.75 Å². The molecular weight excluding hydrogens is 356 g/mol. The molecule has 2 amide bonds. The highest BCUT2D eigenvalue weighted by Gasteiger charge is 2.32. The van der Waals surface area contributed by atoms with Gasteiger partial charge in [-0.1, -0.05) is 42.5 Å². The number of nitrogens with one attached hydrogen (secondary N) is 1. The number of benzene rings is 2. The average molecular weight is 375 g/mol. The Kier molecular flexibility index (Phi) is 5.96. The average Bonchev–Trinajstić information content (AvgIpc) is 2.70. The topological polar surface area (TPSA) is 67.9 Å². The zero-order chi connectivity index (χ0) is 18.4. The van der Waals surface area contributed by atoms with Gasteiger partial charge in [0.15, 0.2) is 0 Å². The van der Waals surface area contributed by atoms with Crippen molar-refractivity contribution in [1.82, 2.24) is 5.32 Å². The van der Waals surface area contributed by atoms with E-state index < -0.39 is 6.09 Å². The molecule has 0 saturated heterocycles. The van der Waals surface area contributed by atoms with Gasteiger partial charge in [0.2, 0.25) is 5.91 Å². The zero-order valence-electron chi connectivity index (χ0n) is 14.1. The number of alkyl halides is 1. The van der Waals surface area contributed by atoms with E-state index in [9.17, 15) is 9.59 Å². The lowest BCUT2D eigenvalue weighted by molar-refractivity contribution is -0.117. The summed E-state index contributed by atoms with van der Waals surface area (Å²) in [5.41, 5.74) is 1.55. The number of hydrogen-bond acceptors (Lipinski definition) is 4. The van der Waals surface area contributed by atoms with Gasteiger partial charge in [-0.15, -0.1) is 11.6 Å². The lowest BCUT2D eigenvalue weighted by Crippen LogP contribution is -2.52. The Morgan fingerprint density at radius 1 is 1.15 bits per heavy atom. The SMILES string of the molecule is O=C(NCC1COc2ccccc2N1C(=O)CCl)OCc1ccccc1. The van der Waals surface area contributed by atoms with Crippen LogP contribution in [0.3, 0.4) is 0 Å². The van der Waals surface area contributed by atoms with Crippen LogP contribution in [0.25, 0.3) is 0 Å². The number of para-hydroxylation sites is 2. The van der Waals surface area contributed by atoms with Crippen LogP contribution in [0.4, 0.5) is 10.5 Å². The minimum Gasteiger partial charge on any atom is -0.489 e. The Bertz CT molecular complexity index is 769. The van der Waals surface area contributed by atoms with E-state index >= 15 is 0 Å². The van der Waals surface area contributed by atoms with Gasteiger partial charge in [0.05, 0.1) is 11.7 Å². The maximum Gasteiger partial charge on any atom is 0.407 e. The van der Waals surface area contributed by atoms with Gasteiger partial charge in [-0.3, -0.25) is 9.69 Å². The van der Waals surface area contributed by atoms with E-state index in [1.807, 2.05) is 42.5 Å². The highest BCUT2D eigenvalue weighted by Crippen LogP contribution is 2.33. The molecule has 0 spiro atoms. The van der Waals surface area contributed by atoms with Gasteiger partial charge in [-0.05, 0) is 17.7 Å². The van der Waals surface area contributed by atoms with Gasteiger partial charge in [-0.2, -0.15) is 0 Å². The number of amides is 2. The van der Waals surface area contributed by atoms with Gasteiger partial charge in [0, 0.05) is 6.54 Å². The van der Waals surface area contributed by atoms with Crippen molar-refractivity contribution in [2.24, 2.45) is 0 Å². The van der Waals surface area contributed by atoms with E-state index in [0.717, 1.165) is 5.56 Å². The molecule has 26 heavy (non-hydrogen) atoms. The molecule has 6 nitrogen and oxygen atoms in total. The number of rotatable bonds is 5. The van der Waals surface area contributed by atoms with Crippen molar-refractivity contribution in [3.05, 3.63) is 60.2 Å². The molecule has 7 heteroatoms. The van der Waals surface area contributed by atoms with Crippen LogP contribution in [0.2, 0.25) is 0 Å². The van der Waals surface area contributed by atoms with Gasteiger partial charge in [0.1, 0.15) is 24.8 Å². The summed E-state index contributed by atoms with van der Waals surface area (Å²) in [5, 5.41) is 2.68. The number of carbonyl (C=O) groups is 2. The molecule has 3 rings (SSSR count). The third-order valence-corrected chi connectivity index (χ3v) is 4.23. The summed E-state index contributed by atoms with van der Waals surface area (Å²) in [6.45, 7) is 0.643. The van der Waals surface area contributed by atoms with Crippen LogP contribution in [0, 0.1) is 0 Å². The molecule has 1 N–H and O–H groups in total. The molecule has 1 aliphatic heterocycles. The molecule has 1 atom stereocenters. The highest BCUT2D eigenvalue weighted by molar-refractivity contribution is 6.29. The fraction of sp³-hybridized carbons (Fsp3) is 0.263. The molecule has 0 aromatic heterocycles. The fourth-order valence-electron chi connectivity index (χ4n) is 2.76. The Morgan fingerprint density at radius 2 is 1.88 bits per heavy atom. The predicted octanol–water partition coefficient (Wildman–Crippen LogP) is 2.95. The molecular formula is C19H19ClN2O4. The minimum absolute atomic E-state index is 0.150. The second kappa shape index (κ2) is 8.58. The van der Waals surface area contributed by atoms with E-state index in [1.165, 1.54) is 0 Å². The van der Waals surface area contributed by atoms with Crippen LogP contribution in [-0.2, 0) is 16.1 Å². The summed E-state index contributed by atoms with van der Waals surface area (Å²) < 4.78 is 10.9. The maximum atomic E-state index is 12.3. The monoisotopic (exact) mass is 374 g/mol. The van der Waals surface area contributed by atoms with Gasteiger partial charge in [-0.25, -0.2) is 4.79 Å². The summed E-state index contributed by atoms with van der Waals surface area (Å²) in [6, 6.07) is 16.3. The summed E-state index contributed by atoms with van der Waals surface area (Å²) >= 11 is 5.75. The predicted molar refractivity (Wildman–Crippen MR) is 98.6 cm³/mol. The number of carbonyl (C=O) groups excluding carboxylic acids is 2. The maximum absolute atomic E-state index is 12.3. The van der Waals surface area contributed by atoms with Crippen molar-refractivity contribution in [3.63, 3.8) is 0 Å². The summed E-state index contributed by atoms with van der Waals surface area (Å²) in [7, 11) is 0. The Hall–Kier alpha value is -2.73. The molecule has 0 saturated carbocycles. The molecule has 1 unspecified atom stereocenters. The normalized spacial score (nSPS) is 15.6. The third kappa shape index (κ3) is 4.26. The summed E-state index contributed by atoms with van der Waals surface area (Å²) in [6.07, 6.45) is -0.550. The van der Waals surface area contributed by atoms with Crippen LogP contribution in [0.15, 0.2) is 54.6 Å². The van der Waals surface area contributed by atoms with Gasteiger partial charge >= 0.3 is 6.09 Å². The first-order valence-corrected chi connectivity index (χ1v) is 8.77. The van der Waals surface area contributed by atoms with E-state index in [0.29, 0.717) is 11.4 Å². The first-order chi connectivity index (χ1) is 12.7. The number of halogens is 1. The molecule has 136 valence electrons. The number of ether oxygens (including phenoxy) is 2. The van der Waals surface area contributed by atoms with Crippen LogP contribution in [-0.4, -0.2) is 37.1 Å². The molecule has 2 aromatic rings. The second-order valence-corrected chi connectivity index (χ2v) is 6.04. The van der Waals surface area contributed by atoms with E-state index in [2.05, 4.69) is 5.32 Å². The zero-order valence-corrected chi connectivity index (χ0v) is 14.8. The smallest absolute Gasteiger partial charge is 0.407 e. The number of fused-ring (bicyclic) bond motifs is 1. The molecule has 0 radical (unpaired) electrons.